The Morgan fingerprint density at radius 1 is 1.06 bits per heavy atom. The maximum absolute atomic E-state index is 12.6. The molecule has 0 bridgehead atoms. The Balaban J connectivity index is 2.04. The smallest absolute Gasteiger partial charge is 0.324 e. The number of hydrogen-bond donors (Lipinski definition) is 1. The number of amidine groups is 1. The Kier molecular flexibility index (Phi) is 6.40. The average Bonchev–Trinajstić information content (AvgIpc) is 2.94. The molecule has 0 saturated heterocycles. The molecule has 31 heavy (non-hydrogen) atoms. The zero-order chi connectivity index (χ0) is 22.5. The van der Waals surface area contributed by atoms with Gasteiger partial charge in [-0.05, 0) is 35.4 Å². The molecule has 1 heterocycles. The first-order valence-electron chi connectivity index (χ1n) is 9.52. The maximum atomic E-state index is 12.6. The molecule has 0 fully saturated rings. The van der Waals surface area contributed by atoms with E-state index in [1.807, 2.05) is 18.2 Å². The van der Waals surface area contributed by atoms with Crippen molar-refractivity contribution >= 4 is 48.2 Å². The molecule has 158 valence electrons. The van der Waals surface area contributed by atoms with Crippen molar-refractivity contribution in [3.8, 4) is 11.1 Å². The van der Waals surface area contributed by atoms with Crippen molar-refractivity contribution in [3.05, 3.63) is 53.1 Å². The van der Waals surface area contributed by atoms with E-state index in [0.29, 0.717) is 40.9 Å². The molecule has 2 N–H and O–H groups in total. The third-order valence-electron chi connectivity index (χ3n) is 4.99. The highest BCUT2D eigenvalue weighted by molar-refractivity contribution is 6.00. The minimum absolute atomic E-state index is 0.0557. The number of aldehydes is 3. The molecule has 0 unspecified atom stereocenters. The first-order chi connectivity index (χ1) is 14.9. The zero-order valence-corrected chi connectivity index (χ0v) is 17.2. The van der Waals surface area contributed by atoms with Crippen LogP contribution in [0.5, 0.6) is 0 Å². The largest absolute Gasteiger partial charge is 0.387 e. The van der Waals surface area contributed by atoms with Crippen molar-refractivity contribution in [1.82, 2.24) is 4.90 Å². The van der Waals surface area contributed by atoms with Gasteiger partial charge in [-0.1, -0.05) is 18.2 Å². The number of urea groups is 1. The van der Waals surface area contributed by atoms with Gasteiger partial charge in [-0.3, -0.25) is 14.5 Å². The number of anilines is 1. The van der Waals surface area contributed by atoms with Crippen LogP contribution in [0.4, 0.5) is 16.2 Å². The highest BCUT2D eigenvalue weighted by Gasteiger charge is 2.19. The number of amides is 2. The van der Waals surface area contributed by atoms with Crippen molar-refractivity contribution in [2.45, 2.75) is 6.42 Å². The van der Waals surface area contributed by atoms with E-state index in [-0.39, 0.29) is 13.0 Å². The fourth-order valence-electron chi connectivity index (χ4n) is 3.33. The van der Waals surface area contributed by atoms with Crippen LogP contribution < -0.4 is 10.6 Å². The van der Waals surface area contributed by atoms with Crippen LogP contribution >= 0.6 is 0 Å². The molecule has 2 aromatic carbocycles. The molecular formula is C23H22N4O4. The van der Waals surface area contributed by atoms with E-state index in [0.717, 1.165) is 23.0 Å². The van der Waals surface area contributed by atoms with E-state index in [1.54, 1.807) is 31.3 Å². The second-order valence-corrected chi connectivity index (χ2v) is 7.17. The normalized spacial score (nSPS) is 12.6. The summed E-state index contributed by atoms with van der Waals surface area (Å²) < 4.78 is 0. The SMILES string of the molecule is CN(CC=O)C(=O)N(C)c1cc(-c2ccc3c(c2)N=C(N)CC(C=O)=C3)ccc1C=O. The molecule has 0 aliphatic carbocycles. The van der Waals surface area contributed by atoms with E-state index in [9.17, 15) is 19.2 Å². The van der Waals surface area contributed by atoms with Gasteiger partial charge in [0.15, 0.2) is 6.29 Å². The van der Waals surface area contributed by atoms with Crippen molar-refractivity contribution in [3.63, 3.8) is 0 Å². The van der Waals surface area contributed by atoms with E-state index in [2.05, 4.69) is 4.99 Å². The molecule has 8 nitrogen and oxygen atoms in total. The van der Waals surface area contributed by atoms with E-state index in [4.69, 9.17) is 5.73 Å². The highest BCUT2D eigenvalue weighted by Crippen LogP contribution is 2.33. The van der Waals surface area contributed by atoms with Crippen LogP contribution in [0.2, 0.25) is 0 Å². The van der Waals surface area contributed by atoms with Gasteiger partial charge in [0.25, 0.3) is 0 Å². The molecule has 0 radical (unpaired) electrons. The second-order valence-electron chi connectivity index (χ2n) is 7.17. The Bertz CT molecular complexity index is 1120. The number of fused-ring (bicyclic) bond motifs is 1. The molecule has 2 aromatic rings. The molecule has 2 amide bonds. The highest BCUT2D eigenvalue weighted by atomic mass is 16.2. The Morgan fingerprint density at radius 2 is 1.77 bits per heavy atom. The summed E-state index contributed by atoms with van der Waals surface area (Å²) in [5.41, 5.74) is 10.2. The van der Waals surface area contributed by atoms with Gasteiger partial charge >= 0.3 is 6.03 Å². The summed E-state index contributed by atoms with van der Waals surface area (Å²) in [7, 11) is 3.05. The number of carbonyl (C=O) groups excluding carboxylic acids is 4. The van der Waals surface area contributed by atoms with Gasteiger partial charge in [0, 0.05) is 37.2 Å². The Hall–Kier alpha value is -4.07. The van der Waals surface area contributed by atoms with E-state index < -0.39 is 6.03 Å². The number of likely N-dealkylation sites (N-methyl/N-ethyl adjacent to an activating group) is 1. The van der Waals surface area contributed by atoms with Gasteiger partial charge in [-0.15, -0.1) is 0 Å². The molecular weight excluding hydrogens is 396 g/mol. The molecule has 0 atom stereocenters. The number of aliphatic imine (C=N–C) groups is 1. The van der Waals surface area contributed by atoms with Gasteiger partial charge < -0.3 is 15.4 Å². The van der Waals surface area contributed by atoms with Gasteiger partial charge in [0.2, 0.25) is 0 Å². The molecule has 3 rings (SSSR count). The van der Waals surface area contributed by atoms with E-state index in [1.165, 1.54) is 16.8 Å². The Morgan fingerprint density at radius 3 is 2.45 bits per heavy atom. The number of hydrogen-bond acceptors (Lipinski definition) is 6. The minimum atomic E-state index is -0.418. The fraction of sp³-hybridized carbons (Fsp3) is 0.174. The summed E-state index contributed by atoms with van der Waals surface area (Å²) in [6, 6.07) is 10.3. The molecule has 0 spiro atoms. The lowest BCUT2D eigenvalue weighted by Gasteiger charge is -2.25. The molecule has 8 heteroatoms. The maximum Gasteiger partial charge on any atom is 0.324 e. The Labute approximate surface area is 179 Å². The van der Waals surface area contributed by atoms with E-state index >= 15 is 0 Å². The lowest BCUT2D eigenvalue weighted by atomic mass is 9.99. The summed E-state index contributed by atoms with van der Waals surface area (Å²) in [5, 5.41) is 0. The van der Waals surface area contributed by atoms with Crippen LogP contribution in [-0.2, 0) is 9.59 Å². The number of rotatable bonds is 6. The van der Waals surface area contributed by atoms with Crippen molar-refractivity contribution in [2.24, 2.45) is 10.7 Å². The zero-order valence-electron chi connectivity index (χ0n) is 17.2. The molecule has 1 aliphatic heterocycles. The molecule has 0 saturated carbocycles. The number of nitrogens with two attached hydrogens (primary N) is 1. The quantitative estimate of drug-likeness (QED) is 0.725. The van der Waals surface area contributed by atoms with Crippen LogP contribution in [0.15, 0.2) is 47.0 Å². The number of nitrogens with zero attached hydrogens (tertiary/aromatic N) is 3. The third kappa shape index (κ3) is 4.58. The second kappa shape index (κ2) is 9.17. The standard InChI is InChI=1S/C23H22N4O4/c1-26(7-8-28)23(31)27(2)21-12-17(4-6-19(21)14-30)16-3-5-18-9-15(13-29)10-22(24)25-20(18)11-16/h3-6,8-9,11-14H,7,10H2,1-2H3,(H2,24,25). The summed E-state index contributed by atoms with van der Waals surface area (Å²) >= 11 is 0. The van der Waals surface area contributed by atoms with Gasteiger partial charge in [-0.2, -0.15) is 0 Å². The van der Waals surface area contributed by atoms with Crippen molar-refractivity contribution in [1.29, 1.82) is 0 Å². The molecule has 0 aromatic heterocycles. The van der Waals surface area contributed by atoms with Gasteiger partial charge in [0.1, 0.15) is 18.4 Å². The van der Waals surface area contributed by atoms with Crippen molar-refractivity contribution in [2.75, 3.05) is 25.5 Å². The van der Waals surface area contributed by atoms with Crippen LogP contribution in [0.3, 0.4) is 0 Å². The van der Waals surface area contributed by atoms with Gasteiger partial charge in [0.05, 0.1) is 17.9 Å². The number of carbonyl (C=O) groups is 4. The lowest BCUT2D eigenvalue weighted by Crippen LogP contribution is -2.40. The van der Waals surface area contributed by atoms with Crippen LogP contribution in [0, 0.1) is 0 Å². The average molecular weight is 418 g/mol. The van der Waals surface area contributed by atoms with Crippen molar-refractivity contribution < 1.29 is 19.2 Å². The topological polar surface area (TPSA) is 113 Å². The monoisotopic (exact) mass is 418 g/mol. The summed E-state index contributed by atoms with van der Waals surface area (Å²) in [6.45, 7) is -0.0557. The van der Waals surface area contributed by atoms with Crippen LogP contribution in [0.1, 0.15) is 22.3 Å². The van der Waals surface area contributed by atoms with Crippen LogP contribution in [-0.4, -0.2) is 56.3 Å². The summed E-state index contributed by atoms with van der Waals surface area (Å²) in [4.78, 5) is 53.1. The number of benzene rings is 2. The third-order valence-corrected chi connectivity index (χ3v) is 4.99. The lowest BCUT2D eigenvalue weighted by molar-refractivity contribution is -0.108. The minimum Gasteiger partial charge on any atom is -0.387 e. The predicted octanol–water partition coefficient (Wildman–Crippen LogP) is 2.83. The van der Waals surface area contributed by atoms with Gasteiger partial charge in [-0.25, -0.2) is 9.79 Å². The predicted molar refractivity (Wildman–Crippen MR) is 120 cm³/mol. The molecule has 1 aliphatic rings. The summed E-state index contributed by atoms with van der Waals surface area (Å²) in [5.74, 6) is 0.342. The van der Waals surface area contributed by atoms with Crippen LogP contribution in [0.25, 0.3) is 17.2 Å². The fourth-order valence-corrected chi connectivity index (χ4v) is 3.33. The summed E-state index contributed by atoms with van der Waals surface area (Å²) in [6.07, 6.45) is 4.12. The first kappa shape index (κ1) is 21.6. The first-order valence-corrected chi connectivity index (χ1v) is 9.52.